The van der Waals surface area contributed by atoms with Gasteiger partial charge in [0.15, 0.2) is 0 Å². The Labute approximate surface area is 191 Å². The van der Waals surface area contributed by atoms with Crippen LogP contribution in [0.4, 0.5) is 18.0 Å². The number of likely N-dealkylation sites (N-methyl/N-ethyl adjacent to an activating group) is 1. The molecule has 2 aliphatic heterocycles. The topological polar surface area (TPSA) is 55.8 Å². The molecule has 176 valence electrons. The standard InChI is InChI=1S/C25H28F3N3O2/c1-30-16-21(23(22(30)15-26)19-14-18(27)8-9-20(19)28)29-24(33)31-12-5-10-25(31,11-13-32)17-6-3-2-4-7-17/h2-10,14,21-23,32H,11-13,15-16H2,1H3,(H,29,33). The Morgan fingerprint density at radius 3 is 2.67 bits per heavy atom. The first-order valence-electron chi connectivity index (χ1n) is 11.0. The summed E-state index contributed by atoms with van der Waals surface area (Å²) in [6, 6.07) is 10.8. The average Bonchev–Trinajstić information content (AvgIpc) is 3.37. The Morgan fingerprint density at radius 2 is 1.97 bits per heavy atom. The number of benzene rings is 2. The Kier molecular flexibility index (Phi) is 6.76. The predicted octanol–water partition coefficient (Wildman–Crippen LogP) is 3.56. The highest BCUT2D eigenvalue weighted by Gasteiger charge is 2.46. The number of alkyl halides is 1. The number of urea groups is 1. The van der Waals surface area contributed by atoms with E-state index in [9.17, 15) is 23.1 Å². The number of amides is 2. The number of rotatable bonds is 6. The maximum atomic E-state index is 14.6. The first-order valence-corrected chi connectivity index (χ1v) is 11.0. The third-order valence-electron chi connectivity index (χ3n) is 6.86. The summed E-state index contributed by atoms with van der Waals surface area (Å²) < 4.78 is 42.5. The van der Waals surface area contributed by atoms with Crippen molar-refractivity contribution in [3.05, 3.63) is 83.4 Å². The van der Waals surface area contributed by atoms with E-state index in [1.54, 1.807) is 16.8 Å². The highest BCUT2D eigenvalue weighted by atomic mass is 19.1. The minimum Gasteiger partial charge on any atom is -0.396 e. The summed E-state index contributed by atoms with van der Waals surface area (Å²) in [4.78, 5) is 16.9. The van der Waals surface area contributed by atoms with Crippen LogP contribution in [-0.4, -0.2) is 66.4 Å². The molecule has 0 saturated carbocycles. The molecule has 4 atom stereocenters. The molecule has 4 rings (SSSR count). The van der Waals surface area contributed by atoms with Crippen LogP contribution in [0.5, 0.6) is 0 Å². The summed E-state index contributed by atoms with van der Waals surface area (Å²) in [6.07, 6.45) is 4.09. The third kappa shape index (κ3) is 4.25. The van der Waals surface area contributed by atoms with E-state index in [2.05, 4.69) is 5.32 Å². The minimum atomic E-state index is -0.830. The van der Waals surface area contributed by atoms with Crippen molar-refractivity contribution in [1.29, 1.82) is 0 Å². The van der Waals surface area contributed by atoms with Gasteiger partial charge < -0.3 is 15.3 Å². The molecule has 0 aromatic heterocycles. The average molecular weight is 460 g/mol. The summed E-state index contributed by atoms with van der Waals surface area (Å²) >= 11 is 0. The number of aliphatic hydroxyl groups excluding tert-OH is 1. The van der Waals surface area contributed by atoms with Crippen molar-refractivity contribution in [2.24, 2.45) is 0 Å². The van der Waals surface area contributed by atoms with Crippen molar-refractivity contribution in [2.75, 3.05) is 33.4 Å². The summed E-state index contributed by atoms with van der Waals surface area (Å²) in [5.74, 6) is -1.99. The van der Waals surface area contributed by atoms with E-state index < -0.39 is 47.9 Å². The third-order valence-corrected chi connectivity index (χ3v) is 6.86. The number of hydrogen-bond donors (Lipinski definition) is 2. The molecule has 2 heterocycles. The second-order valence-corrected chi connectivity index (χ2v) is 8.69. The second-order valence-electron chi connectivity index (χ2n) is 8.69. The number of likely N-dealkylation sites (tertiary alicyclic amines) is 1. The first-order chi connectivity index (χ1) is 15.9. The maximum absolute atomic E-state index is 14.6. The molecule has 0 radical (unpaired) electrons. The molecule has 0 aliphatic carbocycles. The number of halogens is 3. The van der Waals surface area contributed by atoms with Crippen LogP contribution in [0.1, 0.15) is 23.5 Å². The van der Waals surface area contributed by atoms with Gasteiger partial charge in [-0.25, -0.2) is 18.0 Å². The van der Waals surface area contributed by atoms with Crippen molar-refractivity contribution < 1.29 is 23.1 Å². The Bertz CT molecular complexity index is 1020. The summed E-state index contributed by atoms with van der Waals surface area (Å²) in [5, 5.41) is 12.7. The Balaban J connectivity index is 1.64. The lowest BCUT2D eigenvalue weighted by molar-refractivity contribution is 0.131. The van der Waals surface area contributed by atoms with E-state index in [1.807, 2.05) is 42.5 Å². The number of carbonyl (C=O) groups excluding carboxylic acids is 1. The number of aliphatic hydroxyl groups is 1. The van der Waals surface area contributed by atoms with Gasteiger partial charge in [-0.1, -0.05) is 42.5 Å². The molecule has 4 unspecified atom stereocenters. The van der Waals surface area contributed by atoms with Crippen molar-refractivity contribution >= 4 is 6.03 Å². The van der Waals surface area contributed by atoms with Crippen molar-refractivity contribution in [2.45, 2.75) is 30.0 Å². The van der Waals surface area contributed by atoms with Gasteiger partial charge in [-0.2, -0.15) is 0 Å². The van der Waals surface area contributed by atoms with E-state index in [-0.39, 0.29) is 12.2 Å². The maximum Gasteiger partial charge on any atom is 0.318 e. The molecule has 5 nitrogen and oxygen atoms in total. The first kappa shape index (κ1) is 23.3. The van der Waals surface area contributed by atoms with Crippen LogP contribution in [-0.2, 0) is 5.54 Å². The van der Waals surface area contributed by atoms with Crippen LogP contribution in [0.3, 0.4) is 0 Å². The van der Waals surface area contributed by atoms with E-state index in [0.29, 0.717) is 19.5 Å². The normalized spacial score (nSPS) is 27.3. The van der Waals surface area contributed by atoms with Gasteiger partial charge in [0.25, 0.3) is 0 Å². The van der Waals surface area contributed by atoms with Crippen molar-refractivity contribution in [1.82, 2.24) is 15.1 Å². The number of nitrogens with one attached hydrogen (secondary N) is 1. The fourth-order valence-electron chi connectivity index (χ4n) is 5.26. The lowest BCUT2D eigenvalue weighted by atomic mass is 9.86. The van der Waals surface area contributed by atoms with Crippen molar-refractivity contribution in [3.8, 4) is 0 Å². The molecule has 33 heavy (non-hydrogen) atoms. The van der Waals surface area contributed by atoms with Gasteiger partial charge in [0, 0.05) is 38.1 Å². The minimum absolute atomic E-state index is 0.0523. The fourth-order valence-corrected chi connectivity index (χ4v) is 5.26. The van der Waals surface area contributed by atoms with Gasteiger partial charge in [0.05, 0.1) is 11.6 Å². The van der Waals surface area contributed by atoms with Crippen LogP contribution in [0.2, 0.25) is 0 Å². The molecule has 2 aromatic rings. The van der Waals surface area contributed by atoms with Crippen LogP contribution in [0.15, 0.2) is 60.7 Å². The van der Waals surface area contributed by atoms with E-state index >= 15 is 0 Å². The lowest BCUT2D eigenvalue weighted by Gasteiger charge is -2.39. The van der Waals surface area contributed by atoms with Gasteiger partial charge in [-0.05, 0) is 36.4 Å². The number of hydrogen-bond acceptors (Lipinski definition) is 3. The molecule has 1 saturated heterocycles. The Hall–Kier alpha value is -2.84. The molecule has 0 bridgehead atoms. The molecule has 8 heteroatoms. The zero-order chi connectivity index (χ0) is 23.6. The monoisotopic (exact) mass is 459 g/mol. The molecule has 2 aliphatic rings. The smallest absolute Gasteiger partial charge is 0.318 e. The van der Waals surface area contributed by atoms with Gasteiger partial charge in [-0.15, -0.1) is 0 Å². The zero-order valence-electron chi connectivity index (χ0n) is 18.4. The largest absolute Gasteiger partial charge is 0.396 e. The van der Waals surface area contributed by atoms with Crippen molar-refractivity contribution in [3.63, 3.8) is 0 Å². The van der Waals surface area contributed by atoms with E-state index in [4.69, 9.17) is 0 Å². The SMILES string of the molecule is CN1CC(NC(=O)N2CC=CC2(CCO)c2ccccc2)C(c2cc(F)ccc2F)C1CF. The van der Waals surface area contributed by atoms with E-state index in [1.165, 1.54) is 0 Å². The quantitative estimate of drug-likeness (QED) is 0.650. The van der Waals surface area contributed by atoms with Crippen LogP contribution >= 0.6 is 0 Å². The summed E-state index contributed by atoms with van der Waals surface area (Å²) in [7, 11) is 1.71. The zero-order valence-corrected chi connectivity index (χ0v) is 18.4. The van der Waals surface area contributed by atoms with Gasteiger partial charge >= 0.3 is 6.03 Å². The lowest BCUT2D eigenvalue weighted by Crippen LogP contribution is -2.53. The molecule has 0 spiro atoms. The Morgan fingerprint density at radius 1 is 1.21 bits per heavy atom. The summed E-state index contributed by atoms with van der Waals surface area (Å²) in [6.45, 7) is -0.265. The molecule has 2 aromatic carbocycles. The summed E-state index contributed by atoms with van der Waals surface area (Å²) in [5.41, 5.74) is 0.0846. The molecule has 1 fully saturated rings. The van der Waals surface area contributed by atoms with Crippen LogP contribution in [0.25, 0.3) is 0 Å². The van der Waals surface area contributed by atoms with Crippen LogP contribution < -0.4 is 5.32 Å². The van der Waals surface area contributed by atoms with Gasteiger partial charge in [0.1, 0.15) is 18.3 Å². The molecular formula is C25H28F3N3O2. The highest BCUT2D eigenvalue weighted by molar-refractivity contribution is 5.77. The second kappa shape index (κ2) is 9.57. The number of carbonyl (C=O) groups is 1. The molecular weight excluding hydrogens is 431 g/mol. The highest BCUT2D eigenvalue weighted by Crippen LogP contribution is 2.39. The molecule has 2 amide bonds. The predicted molar refractivity (Wildman–Crippen MR) is 119 cm³/mol. The van der Waals surface area contributed by atoms with E-state index in [0.717, 1.165) is 23.8 Å². The molecule has 2 N–H and O–H groups in total. The fraction of sp³-hybridized carbons (Fsp3) is 0.400. The number of nitrogens with zero attached hydrogens (tertiary/aromatic N) is 2. The van der Waals surface area contributed by atoms with Gasteiger partial charge in [-0.3, -0.25) is 4.90 Å². The van der Waals surface area contributed by atoms with Crippen LogP contribution in [0, 0.1) is 11.6 Å². The van der Waals surface area contributed by atoms with Gasteiger partial charge in [0.2, 0.25) is 0 Å².